The van der Waals surface area contributed by atoms with E-state index in [1.54, 1.807) is 0 Å². The van der Waals surface area contributed by atoms with E-state index in [4.69, 9.17) is 10.5 Å². The number of nitrogens with one attached hydrogen (secondary N) is 2. The van der Waals surface area contributed by atoms with Crippen LogP contribution in [0.5, 0.6) is 11.5 Å². The van der Waals surface area contributed by atoms with E-state index in [2.05, 4.69) is 25.5 Å². The van der Waals surface area contributed by atoms with Crippen molar-refractivity contribution in [1.29, 1.82) is 0 Å². The fourth-order valence-corrected chi connectivity index (χ4v) is 3.17. The highest BCUT2D eigenvalue weighted by Gasteiger charge is 2.21. The van der Waals surface area contributed by atoms with Crippen molar-refractivity contribution in [1.82, 2.24) is 20.2 Å². The molecule has 1 aliphatic heterocycles. The molecular formula is C19H17N7O. The summed E-state index contributed by atoms with van der Waals surface area (Å²) in [7, 11) is 3.82. The topological polar surface area (TPSA) is 105 Å². The smallest absolute Gasteiger partial charge is 0.222 e. The first-order chi connectivity index (χ1) is 13.1. The quantitative estimate of drug-likeness (QED) is 0.443. The Morgan fingerprint density at radius 1 is 1.04 bits per heavy atom. The molecule has 2 aromatic carbocycles. The molecule has 27 heavy (non-hydrogen) atoms. The number of rotatable bonds is 2. The maximum atomic E-state index is 6.20. The van der Waals surface area contributed by atoms with Gasteiger partial charge in [-0.3, -0.25) is 5.10 Å². The Hall–Kier alpha value is -3.81. The van der Waals surface area contributed by atoms with Crippen molar-refractivity contribution in [3.63, 3.8) is 0 Å². The Bertz CT molecular complexity index is 1180. The molecule has 0 saturated carbocycles. The molecule has 8 nitrogen and oxygen atoms in total. The summed E-state index contributed by atoms with van der Waals surface area (Å²) in [4.78, 5) is 10.5. The van der Waals surface area contributed by atoms with Crippen LogP contribution < -0.4 is 20.7 Å². The molecule has 0 saturated heterocycles. The van der Waals surface area contributed by atoms with Crippen LogP contribution in [0, 0.1) is 0 Å². The number of anilines is 4. The van der Waals surface area contributed by atoms with Gasteiger partial charge in [0, 0.05) is 25.7 Å². The summed E-state index contributed by atoms with van der Waals surface area (Å²) < 4.78 is 6.20. The van der Waals surface area contributed by atoms with Gasteiger partial charge in [-0.25, -0.2) is 4.98 Å². The van der Waals surface area contributed by atoms with Crippen LogP contribution in [-0.4, -0.2) is 34.3 Å². The lowest BCUT2D eigenvalue weighted by molar-refractivity contribution is 0.492. The number of para-hydroxylation sites is 2. The van der Waals surface area contributed by atoms with Gasteiger partial charge in [-0.05, 0) is 24.3 Å². The second-order valence-corrected chi connectivity index (χ2v) is 6.56. The van der Waals surface area contributed by atoms with Gasteiger partial charge in [0.15, 0.2) is 11.6 Å². The Balaban J connectivity index is 1.71. The Labute approximate surface area is 155 Å². The third-order valence-electron chi connectivity index (χ3n) is 4.47. The van der Waals surface area contributed by atoms with Crippen LogP contribution in [0.2, 0.25) is 0 Å². The zero-order chi connectivity index (χ0) is 18.5. The van der Waals surface area contributed by atoms with Gasteiger partial charge >= 0.3 is 0 Å². The number of fused-ring (bicyclic) bond motifs is 1. The molecule has 0 unspecified atom stereocenters. The predicted octanol–water partition coefficient (Wildman–Crippen LogP) is 3.52. The van der Waals surface area contributed by atoms with Gasteiger partial charge in [-0.2, -0.15) is 10.1 Å². The van der Waals surface area contributed by atoms with E-state index in [0.29, 0.717) is 5.75 Å². The SMILES string of the molecule is CN(C)c1cc(-c2cc3c4c(n[nH]c4c2)Nc2ccccc2O3)nc(N)n1. The van der Waals surface area contributed by atoms with Crippen molar-refractivity contribution >= 4 is 34.2 Å². The minimum Gasteiger partial charge on any atom is -0.454 e. The number of hydrogen-bond donors (Lipinski definition) is 3. The normalized spacial score (nSPS) is 12.1. The van der Waals surface area contributed by atoms with Gasteiger partial charge in [0.05, 0.1) is 22.3 Å². The van der Waals surface area contributed by atoms with Crippen LogP contribution in [0.15, 0.2) is 42.5 Å². The summed E-state index contributed by atoms with van der Waals surface area (Å²) in [6.45, 7) is 0. The lowest BCUT2D eigenvalue weighted by Gasteiger charge is -2.13. The minimum absolute atomic E-state index is 0.223. The first kappa shape index (κ1) is 15.4. The van der Waals surface area contributed by atoms with Crippen LogP contribution in [0.1, 0.15) is 0 Å². The van der Waals surface area contributed by atoms with Crippen molar-refractivity contribution < 1.29 is 4.74 Å². The molecule has 0 radical (unpaired) electrons. The number of ether oxygens (including phenoxy) is 1. The van der Waals surface area contributed by atoms with Gasteiger partial charge < -0.3 is 20.7 Å². The molecule has 134 valence electrons. The van der Waals surface area contributed by atoms with E-state index in [9.17, 15) is 0 Å². The molecule has 4 aromatic rings. The molecule has 0 bridgehead atoms. The molecule has 2 aromatic heterocycles. The number of aromatic nitrogens is 4. The molecule has 1 aliphatic rings. The summed E-state index contributed by atoms with van der Waals surface area (Å²) in [6.07, 6.45) is 0. The zero-order valence-corrected chi connectivity index (χ0v) is 14.8. The first-order valence-electron chi connectivity index (χ1n) is 8.47. The van der Waals surface area contributed by atoms with E-state index in [1.807, 2.05) is 61.5 Å². The van der Waals surface area contributed by atoms with Gasteiger partial charge in [-0.1, -0.05) is 12.1 Å². The molecule has 0 amide bonds. The van der Waals surface area contributed by atoms with Crippen LogP contribution in [0.25, 0.3) is 22.2 Å². The molecule has 4 N–H and O–H groups in total. The van der Waals surface area contributed by atoms with Gasteiger partial charge in [0.2, 0.25) is 5.95 Å². The number of hydrogen-bond acceptors (Lipinski definition) is 7. The second-order valence-electron chi connectivity index (χ2n) is 6.56. The van der Waals surface area contributed by atoms with Crippen molar-refractivity contribution in [2.75, 3.05) is 30.0 Å². The van der Waals surface area contributed by atoms with Crippen LogP contribution in [0.4, 0.5) is 23.3 Å². The van der Waals surface area contributed by atoms with Crippen LogP contribution in [-0.2, 0) is 0 Å². The molecule has 0 fully saturated rings. The molecule has 0 aliphatic carbocycles. The number of nitrogens with zero attached hydrogens (tertiary/aromatic N) is 4. The highest BCUT2D eigenvalue weighted by atomic mass is 16.5. The molecule has 5 rings (SSSR count). The van der Waals surface area contributed by atoms with E-state index < -0.39 is 0 Å². The van der Waals surface area contributed by atoms with Gasteiger partial charge in [0.1, 0.15) is 11.6 Å². The number of nitrogen functional groups attached to an aromatic ring is 1. The number of nitrogens with two attached hydrogens (primary N) is 1. The van der Waals surface area contributed by atoms with Gasteiger partial charge in [0.25, 0.3) is 0 Å². The summed E-state index contributed by atoms with van der Waals surface area (Å²) in [5.41, 5.74) is 9.21. The molecule has 3 heterocycles. The highest BCUT2D eigenvalue weighted by Crippen LogP contribution is 2.43. The summed E-state index contributed by atoms with van der Waals surface area (Å²) in [5.74, 6) is 3.13. The molecule has 0 spiro atoms. The highest BCUT2D eigenvalue weighted by molar-refractivity contribution is 6.00. The zero-order valence-electron chi connectivity index (χ0n) is 14.8. The van der Waals surface area contributed by atoms with E-state index in [1.165, 1.54) is 0 Å². The van der Waals surface area contributed by atoms with Crippen LogP contribution in [0.3, 0.4) is 0 Å². The largest absolute Gasteiger partial charge is 0.454 e. The van der Waals surface area contributed by atoms with Crippen molar-refractivity contribution in [2.45, 2.75) is 0 Å². The van der Waals surface area contributed by atoms with Gasteiger partial charge in [-0.15, -0.1) is 0 Å². The third-order valence-corrected chi connectivity index (χ3v) is 4.47. The average Bonchev–Trinajstić information content (AvgIpc) is 2.97. The Kier molecular flexibility index (Phi) is 3.20. The molecular weight excluding hydrogens is 342 g/mol. The number of aromatic amines is 1. The predicted molar refractivity (Wildman–Crippen MR) is 106 cm³/mol. The molecule has 8 heteroatoms. The lowest BCUT2D eigenvalue weighted by Crippen LogP contribution is -2.12. The summed E-state index contributed by atoms with van der Waals surface area (Å²) in [5, 5.41) is 11.7. The third kappa shape index (κ3) is 2.50. The fraction of sp³-hybridized carbons (Fsp3) is 0.105. The van der Waals surface area contributed by atoms with E-state index in [0.717, 1.165) is 45.2 Å². The minimum atomic E-state index is 0.223. The van der Waals surface area contributed by atoms with Crippen molar-refractivity contribution in [2.24, 2.45) is 0 Å². The maximum absolute atomic E-state index is 6.20. The first-order valence-corrected chi connectivity index (χ1v) is 8.47. The van der Waals surface area contributed by atoms with E-state index >= 15 is 0 Å². The molecule has 0 atom stereocenters. The van der Waals surface area contributed by atoms with Crippen LogP contribution >= 0.6 is 0 Å². The Morgan fingerprint density at radius 3 is 2.74 bits per heavy atom. The maximum Gasteiger partial charge on any atom is 0.222 e. The van der Waals surface area contributed by atoms with Crippen molar-refractivity contribution in [3.8, 4) is 22.8 Å². The van der Waals surface area contributed by atoms with E-state index in [-0.39, 0.29) is 5.95 Å². The summed E-state index contributed by atoms with van der Waals surface area (Å²) in [6, 6.07) is 13.6. The average molecular weight is 359 g/mol. The summed E-state index contributed by atoms with van der Waals surface area (Å²) >= 11 is 0. The monoisotopic (exact) mass is 359 g/mol. The lowest BCUT2D eigenvalue weighted by atomic mass is 10.1. The number of H-pyrrole nitrogens is 1. The fourth-order valence-electron chi connectivity index (χ4n) is 3.17. The second kappa shape index (κ2) is 5.60. The standard InChI is InChI=1S/C19H17N7O/c1-26(2)16-9-12(22-19(20)23-16)10-7-13-17-15(8-10)27-14-6-4-3-5-11(14)21-18(17)25-24-13/h3-9H,1-2H3,(H2,20,22,23)(H2,21,24,25). The Morgan fingerprint density at radius 2 is 1.89 bits per heavy atom. The van der Waals surface area contributed by atoms with Crippen molar-refractivity contribution in [3.05, 3.63) is 42.5 Å². The number of benzene rings is 2.